The Morgan fingerprint density at radius 2 is 1.81 bits per heavy atom. The lowest BCUT2D eigenvalue weighted by Gasteiger charge is -2.35. The highest BCUT2D eigenvalue weighted by atomic mass is 16.6. The van der Waals surface area contributed by atoms with Crippen LogP contribution in [0.2, 0.25) is 0 Å². The summed E-state index contributed by atoms with van der Waals surface area (Å²) in [5.74, 6) is -0.321. The number of piperazine rings is 1. The van der Waals surface area contributed by atoms with Crippen LogP contribution in [-0.2, 0) is 9.59 Å². The number of nitrogens with zero attached hydrogens (tertiary/aromatic N) is 4. The molecule has 1 aliphatic heterocycles. The maximum atomic E-state index is 12.2. The SMILES string of the molecule is CC(=O)Nc1nonc1NC(=O)CN1CCN(c2cccc(C)c2)CC1. The number of carbonyl (C=O) groups excluding carboxylic acids is 2. The van der Waals surface area contributed by atoms with Crippen LogP contribution in [0, 0.1) is 6.92 Å². The van der Waals surface area contributed by atoms with E-state index < -0.39 is 0 Å². The van der Waals surface area contributed by atoms with Gasteiger partial charge in [0.1, 0.15) is 0 Å². The van der Waals surface area contributed by atoms with Crippen LogP contribution >= 0.6 is 0 Å². The molecule has 1 aromatic heterocycles. The molecule has 0 saturated carbocycles. The topological polar surface area (TPSA) is 104 Å². The molecule has 26 heavy (non-hydrogen) atoms. The van der Waals surface area contributed by atoms with E-state index in [2.05, 4.69) is 66.6 Å². The van der Waals surface area contributed by atoms with Gasteiger partial charge in [-0.15, -0.1) is 0 Å². The highest BCUT2D eigenvalue weighted by Gasteiger charge is 2.21. The molecule has 9 heteroatoms. The summed E-state index contributed by atoms with van der Waals surface area (Å²) in [5.41, 5.74) is 2.45. The second kappa shape index (κ2) is 7.96. The number of hydrogen-bond donors (Lipinski definition) is 2. The zero-order valence-corrected chi connectivity index (χ0v) is 14.9. The van der Waals surface area contributed by atoms with Crippen molar-refractivity contribution >= 4 is 29.1 Å². The van der Waals surface area contributed by atoms with Gasteiger partial charge in [-0.2, -0.15) is 0 Å². The molecule has 1 saturated heterocycles. The zero-order valence-electron chi connectivity index (χ0n) is 14.9. The maximum Gasteiger partial charge on any atom is 0.239 e. The number of aromatic nitrogens is 2. The molecule has 0 bridgehead atoms. The fraction of sp³-hybridized carbons (Fsp3) is 0.412. The Hall–Kier alpha value is -2.94. The summed E-state index contributed by atoms with van der Waals surface area (Å²) in [7, 11) is 0. The van der Waals surface area contributed by atoms with Gasteiger partial charge in [0, 0.05) is 38.8 Å². The van der Waals surface area contributed by atoms with Crippen molar-refractivity contribution in [1.82, 2.24) is 15.2 Å². The van der Waals surface area contributed by atoms with Crippen LogP contribution in [0.4, 0.5) is 17.3 Å². The largest absolute Gasteiger partial charge is 0.369 e. The number of amides is 2. The average Bonchev–Trinajstić information content (AvgIpc) is 3.01. The van der Waals surface area contributed by atoms with Gasteiger partial charge in [0.2, 0.25) is 23.5 Å². The van der Waals surface area contributed by atoms with E-state index in [9.17, 15) is 9.59 Å². The summed E-state index contributed by atoms with van der Waals surface area (Å²) in [6, 6.07) is 8.42. The van der Waals surface area contributed by atoms with Crippen molar-refractivity contribution in [2.45, 2.75) is 13.8 Å². The molecular formula is C17H22N6O3. The predicted molar refractivity (Wildman–Crippen MR) is 97.1 cm³/mol. The van der Waals surface area contributed by atoms with E-state index in [0.717, 1.165) is 26.2 Å². The van der Waals surface area contributed by atoms with E-state index in [1.54, 1.807) is 0 Å². The molecule has 0 aliphatic carbocycles. The second-order valence-electron chi connectivity index (χ2n) is 6.29. The van der Waals surface area contributed by atoms with Crippen molar-refractivity contribution in [1.29, 1.82) is 0 Å². The van der Waals surface area contributed by atoms with Gasteiger partial charge >= 0.3 is 0 Å². The molecule has 3 rings (SSSR count). The molecule has 0 unspecified atom stereocenters. The fourth-order valence-electron chi connectivity index (χ4n) is 2.88. The Labute approximate surface area is 151 Å². The van der Waals surface area contributed by atoms with Gasteiger partial charge in [-0.1, -0.05) is 12.1 Å². The van der Waals surface area contributed by atoms with Crippen LogP contribution in [-0.4, -0.2) is 59.8 Å². The Morgan fingerprint density at radius 3 is 2.46 bits per heavy atom. The summed E-state index contributed by atoms with van der Waals surface area (Å²) < 4.78 is 4.56. The van der Waals surface area contributed by atoms with Crippen molar-refractivity contribution in [2.75, 3.05) is 48.3 Å². The smallest absolute Gasteiger partial charge is 0.239 e. The lowest BCUT2D eigenvalue weighted by molar-refractivity contribution is -0.117. The minimum Gasteiger partial charge on any atom is -0.369 e. The molecular weight excluding hydrogens is 336 g/mol. The molecule has 0 radical (unpaired) electrons. The van der Waals surface area contributed by atoms with Crippen LogP contribution in [0.15, 0.2) is 28.9 Å². The Bertz CT molecular complexity index is 782. The van der Waals surface area contributed by atoms with Gasteiger partial charge in [-0.25, -0.2) is 4.63 Å². The van der Waals surface area contributed by atoms with Crippen molar-refractivity contribution in [3.8, 4) is 0 Å². The number of anilines is 3. The van der Waals surface area contributed by atoms with Gasteiger partial charge in [-0.05, 0) is 34.9 Å². The number of carbonyl (C=O) groups is 2. The summed E-state index contributed by atoms with van der Waals surface area (Å²) >= 11 is 0. The molecule has 2 N–H and O–H groups in total. The lowest BCUT2D eigenvalue weighted by atomic mass is 10.2. The van der Waals surface area contributed by atoms with Crippen LogP contribution in [0.5, 0.6) is 0 Å². The van der Waals surface area contributed by atoms with E-state index in [0.29, 0.717) is 0 Å². The number of aryl methyl sites for hydroxylation is 1. The monoisotopic (exact) mass is 358 g/mol. The number of nitrogens with one attached hydrogen (secondary N) is 2. The van der Waals surface area contributed by atoms with E-state index in [-0.39, 0.29) is 30.0 Å². The molecule has 0 spiro atoms. The van der Waals surface area contributed by atoms with Gasteiger partial charge in [0.15, 0.2) is 0 Å². The number of benzene rings is 1. The van der Waals surface area contributed by atoms with Gasteiger partial charge < -0.3 is 15.5 Å². The minimum absolute atomic E-state index is 0.107. The number of hydrogen-bond acceptors (Lipinski definition) is 7. The van der Waals surface area contributed by atoms with Crippen molar-refractivity contribution < 1.29 is 14.2 Å². The Morgan fingerprint density at radius 1 is 1.12 bits per heavy atom. The maximum absolute atomic E-state index is 12.2. The molecule has 1 fully saturated rings. The van der Waals surface area contributed by atoms with Crippen LogP contribution in [0.25, 0.3) is 0 Å². The molecule has 9 nitrogen and oxygen atoms in total. The molecule has 1 aliphatic rings. The lowest BCUT2D eigenvalue weighted by Crippen LogP contribution is -2.48. The third kappa shape index (κ3) is 4.57. The van der Waals surface area contributed by atoms with Crippen molar-refractivity contribution in [3.63, 3.8) is 0 Å². The van der Waals surface area contributed by atoms with E-state index in [1.807, 2.05) is 0 Å². The van der Waals surface area contributed by atoms with Crippen molar-refractivity contribution in [2.24, 2.45) is 0 Å². The summed E-state index contributed by atoms with van der Waals surface area (Å²) in [6.07, 6.45) is 0. The van der Waals surface area contributed by atoms with Gasteiger partial charge in [0.25, 0.3) is 0 Å². The molecule has 2 amide bonds. The first-order chi connectivity index (χ1) is 12.5. The molecule has 0 atom stereocenters. The van der Waals surface area contributed by atoms with Crippen molar-refractivity contribution in [3.05, 3.63) is 29.8 Å². The second-order valence-corrected chi connectivity index (χ2v) is 6.29. The Balaban J connectivity index is 1.49. The quantitative estimate of drug-likeness (QED) is 0.825. The highest BCUT2D eigenvalue weighted by molar-refractivity contribution is 5.97. The Kier molecular flexibility index (Phi) is 5.47. The molecule has 138 valence electrons. The molecule has 1 aromatic carbocycles. The zero-order chi connectivity index (χ0) is 18.5. The first-order valence-electron chi connectivity index (χ1n) is 8.45. The first kappa shape index (κ1) is 17.9. The van der Waals surface area contributed by atoms with Crippen LogP contribution in [0.3, 0.4) is 0 Å². The number of rotatable bonds is 5. The average molecular weight is 358 g/mol. The third-order valence-electron chi connectivity index (χ3n) is 4.15. The van der Waals surface area contributed by atoms with Crippen LogP contribution < -0.4 is 15.5 Å². The summed E-state index contributed by atoms with van der Waals surface area (Å²) in [4.78, 5) is 27.7. The van der Waals surface area contributed by atoms with E-state index >= 15 is 0 Å². The normalized spacial score (nSPS) is 14.9. The van der Waals surface area contributed by atoms with Crippen LogP contribution in [0.1, 0.15) is 12.5 Å². The van der Waals surface area contributed by atoms with Gasteiger partial charge in [-0.3, -0.25) is 14.5 Å². The van der Waals surface area contributed by atoms with Gasteiger partial charge in [0.05, 0.1) is 6.54 Å². The third-order valence-corrected chi connectivity index (χ3v) is 4.15. The molecule has 2 aromatic rings. The first-order valence-corrected chi connectivity index (χ1v) is 8.45. The highest BCUT2D eigenvalue weighted by Crippen LogP contribution is 2.18. The minimum atomic E-state index is -0.316. The van der Waals surface area contributed by atoms with E-state index in [1.165, 1.54) is 18.2 Å². The fourth-order valence-corrected chi connectivity index (χ4v) is 2.88. The summed E-state index contributed by atoms with van der Waals surface area (Å²) in [6.45, 7) is 6.97. The predicted octanol–water partition coefficient (Wildman–Crippen LogP) is 1.10. The standard InChI is InChI=1S/C17H22N6O3/c1-12-4-3-5-14(10-12)23-8-6-22(7-9-23)11-15(25)19-17-16(18-13(2)24)20-26-21-17/h3-5,10H,6-9,11H2,1-2H3,(H,18,20,24)(H,19,21,25). The molecule has 2 heterocycles. The van der Waals surface area contributed by atoms with E-state index in [4.69, 9.17) is 0 Å². The summed E-state index contributed by atoms with van der Waals surface area (Å²) in [5, 5.41) is 12.2.